The topological polar surface area (TPSA) is 84.1 Å². The highest BCUT2D eigenvalue weighted by Crippen LogP contribution is 2.28. The van der Waals surface area contributed by atoms with E-state index >= 15 is 0 Å². The summed E-state index contributed by atoms with van der Waals surface area (Å²) in [6.07, 6.45) is 11.3. The molecule has 4 N–H and O–H groups in total. The number of nitrogens with zero attached hydrogens (tertiary/aromatic N) is 2. The largest absolute Gasteiger partial charge is 0.399 e. The number of rotatable bonds is 5. The summed E-state index contributed by atoms with van der Waals surface area (Å²) in [7, 11) is 0. The van der Waals surface area contributed by atoms with Crippen LogP contribution in [0.3, 0.4) is 0 Å². The van der Waals surface area contributed by atoms with Crippen molar-refractivity contribution in [2.45, 2.75) is 69.9 Å². The number of aromatic nitrogens is 2. The number of hydrogen-bond acceptors (Lipinski definition) is 5. The van der Waals surface area contributed by atoms with E-state index in [1.54, 1.807) is 6.20 Å². The Morgan fingerprint density at radius 3 is 2.74 bits per heavy atom. The standard InChI is InChI=1S/C18H28N4O/c1-12(19)16-11-20-18(21-14-6-4-7-14)22-17(16)10-13-5-2-3-8-15(23)9-13/h11,13-15,23H,1-10,19H2,(H,20,21,22)/t13?,15-/m0/s1. The molecule has 1 aromatic heterocycles. The fourth-order valence-corrected chi connectivity index (χ4v) is 3.54. The van der Waals surface area contributed by atoms with E-state index in [1.807, 2.05) is 0 Å². The van der Waals surface area contributed by atoms with Crippen LogP contribution in [-0.2, 0) is 6.42 Å². The van der Waals surface area contributed by atoms with Crippen LogP contribution in [0.2, 0.25) is 0 Å². The van der Waals surface area contributed by atoms with E-state index in [-0.39, 0.29) is 6.10 Å². The van der Waals surface area contributed by atoms with E-state index in [4.69, 9.17) is 10.7 Å². The van der Waals surface area contributed by atoms with Gasteiger partial charge < -0.3 is 16.2 Å². The van der Waals surface area contributed by atoms with Crippen LogP contribution < -0.4 is 11.1 Å². The first-order valence-electron chi connectivity index (χ1n) is 8.87. The Morgan fingerprint density at radius 1 is 1.26 bits per heavy atom. The van der Waals surface area contributed by atoms with Crippen LogP contribution >= 0.6 is 0 Å². The van der Waals surface area contributed by atoms with Gasteiger partial charge in [0.25, 0.3) is 0 Å². The molecule has 1 heterocycles. The van der Waals surface area contributed by atoms with E-state index < -0.39 is 0 Å². The van der Waals surface area contributed by atoms with Crippen LogP contribution in [0.1, 0.15) is 62.6 Å². The fraction of sp³-hybridized carbons (Fsp3) is 0.667. The smallest absolute Gasteiger partial charge is 0.223 e. The van der Waals surface area contributed by atoms with Gasteiger partial charge in [-0.05, 0) is 50.9 Å². The molecule has 2 aliphatic rings. The third kappa shape index (κ3) is 4.22. The second kappa shape index (κ2) is 7.30. The lowest BCUT2D eigenvalue weighted by Crippen LogP contribution is -2.28. The molecule has 1 aromatic rings. The summed E-state index contributed by atoms with van der Waals surface area (Å²) in [6, 6.07) is 0.509. The summed E-state index contributed by atoms with van der Waals surface area (Å²) < 4.78 is 0. The van der Waals surface area contributed by atoms with Crippen molar-refractivity contribution >= 4 is 11.6 Å². The minimum atomic E-state index is -0.179. The number of hydrogen-bond donors (Lipinski definition) is 3. The van der Waals surface area contributed by atoms with Gasteiger partial charge in [-0.3, -0.25) is 0 Å². The van der Waals surface area contributed by atoms with Crippen LogP contribution in [0, 0.1) is 5.92 Å². The Balaban J connectivity index is 1.76. The lowest BCUT2D eigenvalue weighted by Gasteiger charge is -2.26. The lowest BCUT2D eigenvalue weighted by atomic mass is 9.92. The Labute approximate surface area is 138 Å². The summed E-state index contributed by atoms with van der Waals surface area (Å²) in [5.74, 6) is 1.15. The second-order valence-corrected chi connectivity index (χ2v) is 7.10. The molecule has 1 unspecified atom stereocenters. The molecule has 3 rings (SSSR count). The van der Waals surface area contributed by atoms with Gasteiger partial charge in [-0.15, -0.1) is 0 Å². The zero-order valence-corrected chi connectivity index (χ0v) is 13.8. The van der Waals surface area contributed by atoms with E-state index in [0.29, 0.717) is 23.6 Å². The van der Waals surface area contributed by atoms with Crippen molar-refractivity contribution in [3.63, 3.8) is 0 Å². The molecule has 0 aliphatic heterocycles. The number of anilines is 1. The summed E-state index contributed by atoms with van der Waals surface area (Å²) in [4.78, 5) is 9.12. The molecule has 0 amide bonds. The molecule has 5 heteroatoms. The van der Waals surface area contributed by atoms with Gasteiger partial charge in [0.05, 0.1) is 11.8 Å². The quantitative estimate of drug-likeness (QED) is 0.727. The maximum atomic E-state index is 10.0. The molecule has 0 saturated heterocycles. The van der Waals surface area contributed by atoms with Crippen molar-refractivity contribution < 1.29 is 5.11 Å². The minimum Gasteiger partial charge on any atom is -0.399 e. The van der Waals surface area contributed by atoms with Crippen LogP contribution in [0.25, 0.3) is 5.70 Å². The molecule has 0 bridgehead atoms. The third-order valence-corrected chi connectivity index (χ3v) is 5.14. The highest BCUT2D eigenvalue weighted by atomic mass is 16.3. The van der Waals surface area contributed by atoms with Gasteiger partial charge in [-0.1, -0.05) is 19.4 Å². The SMILES string of the molecule is C=C(N)c1cnc(NC2CCC2)nc1CC1CCCC[C@H](O)C1. The molecule has 5 nitrogen and oxygen atoms in total. The Kier molecular flexibility index (Phi) is 5.16. The first kappa shape index (κ1) is 16.2. The Hall–Kier alpha value is -1.62. The lowest BCUT2D eigenvalue weighted by molar-refractivity contribution is 0.141. The van der Waals surface area contributed by atoms with Crippen molar-refractivity contribution in [1.29, 1.82) is 0 Å². The van der Waals surface area contributed by atoms with Crippen LogP contribution in [0.15, 0.2) is 12.8 Å². The average Bonchev–Trinajstić information content (AvgIpc) is 2.67. The van der Waals surface area contributed by atoms with Crippen LogP contribution in [-0.4, -0.2) is 27.2 Å². The van der Waals surface area contributed by atoms with Crippen molar-refractivity contribution in [2.24, 2.45) is 11.7 Å². The van der Waals surface area contributed by atoms with Gasteiger partial charge in [0.15, 0.2) is 0 Å². The van der Waals surface area contributed by atoms with E-state index in [2.05, 4.69) is 16.9 Å². The summed E-state index contributed by atoms with van der Waals surface area (Å²) in [5.41, 5.74) is 8.26. The van der Waals surface area contributed by atoms with Crippen LogP contribution in [0.5, 0.6) is 0 Å². The van der Waals surface area contributed by atoms with Gasteiger partial charge in [0.1, 0.15) is 0 Å². The average molecular weight is 316 g/mol. The number of aliphatic hydroxyl groups excluding tert-OH is 1. The van der Waals surface area contributed by atoms with Gasteiger partial charge >= 0.3 is 0 Å². The minimum absolute atomic E-state index is 0.179. The first-order valence-corrected chi connectivity index (χ1v) is 8.87. The molecule has 0 radical (unpaired) electrons. The van der Waals surface area contributed by atoms with E-state index in [9.17, 15) is 5.11 Å². The van der Waals surface area contributed by atoms with E-state index in [0.717, 1.165) is 43.4 Å². The molecule has 23 heavy (non-hydrogen) atoms. The van der Waals surface area contributed by atoms with Crippen molar-refractivity contribution in [3.8, 4) is 0 Å². The molecule has 0 aromatic carbocycles. The van der Waals surface area contributed by atoms with Gasteiger partial charge in [-0.25, -0.2) is 9.97 Å². The molecule has 2 atom stereocenters. The van der Waals surface area contributed by atoms with Crippen molar-refractivity contribution in [2.75, 3.05) is 5.32 Å². The molecular weight excluding hydrogens is 288 g/mol. The maximum Gasteiger partial charge on any atom is 0.223 e. The molecule has 0 spiro atoms. The highest BCUT2D eigenvalue weighted by Gasteiger charge is 2.22. The third-order valence-electron chi connectivity index (χ3n) is 5.14. The van der Waals surface area contributed by atoms with Gasteiger partial charge in [0.2, 0.25) is 5.95 Å². The zero-order chi connectivity index (χ0) is 16.2. The zero-order valence-electron chi connectivity index (χ0n) is 13.8. The fourth-order valence-electron chi connectivity index (χ4n) is 3.54. The Morgan fingerprint density at radius 2 is 2.04 bits per heavy atom. The molecule has 126 valence electrons. The van der Waals surface area contributed by atoms with E-state index in [1.165, 1.54) is 25.7 Å². The predicted molar refractivity (Wildman–Crippen MR) is 92.8 cm³/mol. The predicted octanol–water partition coefficient (Wildman–Crippen LogP) is 2.85. The van der Waals surface area contributed by atoms with Gasteiger partial charge in [0, 0.05) is 23.5 Å². The monoisotopic (exact) mass is 316 g/mol. The molecular formula is C18H28N4O. The Bertz CT molecular complexity index is 556. The summed E-state index contributed by atoms with van der Waals surface area (Å²) >= 11 is 0. The molecule has 2 fully saturated rings. The highest BCUT2D eigenvalue weighted by molar-refractivity contribution is 5.62. The van der Waals surface area contributed by atoms with Crippen molar-refractivity contribution in [3.05, 3.63) is 24.0 Å². The second-order valence-electron chi connectivity index (χ2n) is 7.10. The first-order chi connectivity index (χ1) is 11.1. The van der Waals surface area contributed by atoms with Crippen molar-refractivity contribution in [1.82, 2.24) is 9.97 Å². The maximum absolute atomic E-state index is 10.0. The number of aliphatic hydroxyl groups is 1. The number of nitrogens with one attached hydrogen (secondary N) is 1. The molecule has 2 saturated carbocycles. The van der Waals surface area contributed by atoms with Gasteiger partial charge in [-0.2, -0.15) is 0 Å². The summed E-state index contributed by atoms with van der Waals surface area (Å²) in [5, 5.41) is 13.4. The van der Waals surface area contributed by atoms with Crippen LogP contribution in [0.4, 0.5) is 5.95 Å². The molecule has 2 aliphatic carbocycles. The normalized spacial score (nSPS) is 25.4. The number of nitrogens with two attached hydrogens (primary N) is 1. The summed E-state index contributed by atoms with van der Waals surface area (Å²) in [6.45, 7) is 3.86.